The maximum absolute atomic E-state index is 12.5. The summed E-state index contributed by atoms with van der Waals surface area (Å²) in [7, 11) is 0. The van der Waals surface area contributed by atoms with Crippen molar-refractivity contribution in [3.8, 4) is 11.8 Å². The Labute approximate surface area is 153 Å². The van der Waals surface area contributed by atoms with Gasteiger partial charge in [-0.1, -0.05) is 18.2 Å². The first-order valence-corrected chi connectivity index (χ1v) is 8.64. The van der Waals surface area contributed by atoms with Gasteiger partial charge >= 0.3 is 0 Å². The van der Waals surface area contributed by atoms with Crippen molar-refractivity contribution in [3.63, 3.8) is 0 Å². The van der Waals surface area contributed by atoms with E-state index in [4.69, 9.17) is 4.74 Å². The highest BCUT2D eigenvalue weighted by Gasteiger charge is 2.25. The highest BCUT2D eigenvalue weighted by molar-refractivity contribution is 6.06. The lowest BCUT2D eigenvalue weighted by Gasteiger charge is -2.20. The van der Waals surface area contributed by atoms with Gasteiger partial charge in [-0.25, -0.2) is 0 Å². The van der Waals surface area contributed by atoms with E-state index in [1.54, 1.807) is 30.5 Å². The van der Waals surface area contributed by atoms with Crippen molar-refractivity contribution >= 4 is 17.3 Å². The third kappa shape index (κ3) is 3.70. The van der Waals surface area contributed by atoms with E-state index in [1.165, 1.54) is 5.56 Å². The maximum Gasteiger partial charge on any atom is 0.267 e. The lowest BCUT2D eigenvalue weighted by molar-refractivity contribution is -0.112. The minimum atomic E-state index is -0.423. The Kier molecular flexibility index (Phi) is 5.23. The zero-order chi connectivity index (χ0) is 18.5. The van der Waals surface area contributed by atoms with Gasteiger partial charge in [-0.3, -0.25) is 4.79 Å². The molecule has 3 rings (SSSR count). The van der Waals surface area contributed by atoms with Crippen LogP contribution in [0.2, 0.25) is 0 Å². The van der Waals surface area contributed by atoms with Crippen LogP contribution in [0.3, 0.4) is 0 Å². The first-order valence-electron chi connectivity index (χ1n) is 8.64. The van der Waals surface area contributed by atoms with Crippen molar-refractivity contribution in [2.24, 2.45) is 0 Å². The fraction of sp³-hybridized carbons (Fsp3) is 0.238. The zero-order valence-corrected chi connectivity index (χ0v) is 14.9. The van der Waals surface area contributed by atoms with Crippen LogP contribution < -0.4 is 15.0 Å². The topological polar surface area (TPSA) is 65.4 Å². The Morgan fingerprint density at radius 1 is 1.31 bits per heavy atom. The summed E-state index contributed by atoms with van der Waals surface area (Å²) < 4.78 is 5.39. The summed E-state index contributed by atoms with van der Waals surface area (Å²) in [6, 6.07) is 17.3. The quantitative estimate of drug-likeness (QED) is 0.658. The molecule has 0 spiro atoms. The van der Waals surface area contributed by atoms with E-state index in [-0.39, 0.29) is 11.6 Å². The van der Waals surface area contributed by atoms with Crippen LogP contribution >= 0.6 is 0 Å². The maximum atomic E-state index is 12.5. The minimum absolute atomic E-state index is 0.0717. The number of ether oxygens (including phenoxy) is 1. The molecule has 0 fully saturated rings. The van der Waals surface area contributed by atoms with Crippen molar-refractivity contribution in [1.29, 1.82) is 5.26 Å². The number of benzene rings is 2. The number of hydrogen-bond acceptors (Lipinski definition) is 4. The van der Waals surface area contributed by atoms with Crippen LogP contribution in [0, 0.1) is 11.3 Å². The molecule has 5 nitrogen and oxygen atoms in total. The number of amides is 1. The van der Waals surface area contributed by atoms with Gasteiger partial charge in [0.1, 0.15) is 17.4 Å². The lowest BCUT2D eigenvalue weighted by Crippen LogP contribution is -2.25. The summed E-state index contributed by atoms with van der Waals surface area (Å²) in [6.07, 6.45) is 2.53. The third-order valence-corrected chi connectivity index (χ3v) is 4.32. The summed E-state index contributed by atoms with van der Waals surface area (Å²) in [5, 5.41) is 12.2. The molecule has 0 aliphatic carbocycles. The van der Waals surface area contributed by atoms with Crippen LogP contribution in [0.1, 0.15) is 19.4 Å². The first-order chi connectivity index (χ1) is 12.6. The predicted octanol–water partition coefficient (Wildman–Crippen LogP) is 3.88. The number of carbonyl (C=O) groups is 1. The number of rotatable bonds is 5. The molecular weight excluding hydrogens is 326 g/mol. The molecule has 132 valence electrons. The van der Waals surface area contributed by atoms with Crippen molar-refractivity contribution in [2.45, 2.75) is 26.3 Å². The number of hydrogen-bond donors (Lipinski definition) is 1. The number of carbonyl (C=O) groups excluding carboxylic acids is 1. The van der Waals surface area contributed by atoms with Crippen LogP contribution in [0.5, 0.6) is 5.75 Å². The summed E-state index contributed by atoms with van der Waals surface area (Å²) in [5.41, 5.74) is 2.96. The van der Waals surface area contributed by atoms with Crippen LogP contribution in [0.15, 0.2) is 60.3 Å². The molecule has 1 aliphatic heterocycles. The Morgan fingerprint density at radius 3 is 2.73 bits per heavy atom. The monoisotopic (exact) mass is 347 g/mol. The molecule has 1 atom stereocenters. The molecule has 0 aromatic heterocycles. The molecule has 1 aliphatic rings. The summed E-state index contributed by atoms with van der Waals surface area (Å²) in [6.45, 7) is 4.58. The molecule has 0 saturated carbocycles. The minimum Gasteiger partial charge on any atom is -0.494 e. The van der Waals surface area contributed by atoms with Gasteiger partial charge in [-0.05, 0) is 56.2 Å². The molecule has 5 heteroatoms. The second-order valence-electron chi connectivity index (χ2n) is 6.16. The number of nitrogens with one attached hydrogen (secondary N) is 1. The molecule has 1 unspecified atom stereocenters. The van der Waals surface area contributed by atoms with E-state index >= 15 is 0 Å². The second-order valence-corrected chi connectivity index (χ2v) is 6.16. The van der Waals surface area contributed by atoms with Crippen LogP contribution in [0.4, 0.5) is 11.4 Å². The number of nitriles is 1. The van der Waals surface area contributed by atoms with Gasteiger partial charge < -0.3 is 15.0 Å². The summed E-state index contributed by atoms with van der Waals surface area (Å²) in [5.74, 6) is 0.317. The molecule has 0 radical (unpaired) electrons. The molecule has 2 aromatic carbocycles. The van der Waals surface area contributed by atoms with Gasteiger partial charge in [0, 0.05) is 23.6 Å². The van der Waals surface area contributed by atoms with Gasteiger partial charge in [0.25, 0.3) is 5.91 Å². The lowest BCUT2D eigenvalue weighted by atomic mass is 10.1. The van der Waals surface area contributed by atoms with Crippen molar-refractivity contribution in [1.82, 2.24) is 0 Å². The number of fused-ring (bicyclic) bond motifs is 1. The zero-order valence-electron chi connectivity index (χ0n) is 14.9. The molecule has 2 aromatic rings. The normalized spacial score (nSPS) is 16.0. The van der Waals surface area contributed by atoms with Crippen molar-refractivity contribution in [3.05, 3.63) is 65.9 Å². The predicted molar refractivity (Wildman–Crippen MR) is 102 cm³/mol. The SMILES string of the molecule is CCOc1ccc(NC(=O)/C(C#N)=C\N2c3ccccc3CC2C)cc1. The fourth-order valence-electron chi connectivity index (χ4n) is 3.06. The smallest absolute Gasteiger partial charge is 0.267 e. The van der Waals surface area contributed by atoms with Gasteiger partial charge in [0.15, 0.2) is 0 Å². The Hall–Kier alpha value is -3.26. The third-order valence-electron chi connectivity index (χ3n) is 4.32. The van der Waals surface area contributed by atoms with Crippen molar-refractivity contribution < 1.29 is 9.53 Å². The summed E-state index contributed by atoms with van der Waals surface area (Å²) in [4.78, 5) is 14.5. The Bertz CT molecular complexity index is 866. The van der Waals surface area contributed by atoms with E-state index in [1.807, 2.05) is 36.1 Å². The first kappa shape index (κ1) is 17.6. The molecule has 1 amide bonds. The molecular formula is C21H21N3O2. The average molecular weight is 347 g/mol. The van der Waals surface area contributed by atoms with Gasteiger partial charge in [0.2, 0.25) is 0 Å². The van der Waals surface area contributed by atoms with Crippen molar-refractivity contribution in [2.75, 3.05) is 16.8 Å². The van der Waals surface area contributed by atoms with Gasteiger partial charge in [-0.2, -0.15) is 5.26 Å². The fourth-order valence-corrected chi connectivity index (χ4v) is 3.06. The van der Waals surface area contributed by atoms with Gasteiger partial charge in [-0.15, -0.1) is 0 Å². The number of para-hydroxylation sites is 1. The highest BCUT2D eigenvalue weighted by atomic mass is 16.5. The molecule has 0 saturated heterocycles. The molecule has 1 N–H and O–H groups in total. The number of nitrogens with zero attached hydrogens (tertiary/aromatic N) is 2. The molecule has 26 heavy (non-hydrogen) atoms. The molecule has 1 heterocycles. The summed E-state index contributed by atoms with van der Waals surface area (Å²) >= 11 is 0. The Balaban J connectivity index is 1.77. The second kappa shape index (κ2) is 7.75. The standard InChI is InChI=1S/C21H21N3O2/c1-3-26-19-10-8-18(9-11-19)23-21(25)17(13-22)14-24-15(2)12-16-6-4-5-7-20(16)24/h4-11,14-15H,3,12H2,1-2H3,(H,23,25)/b17-14-. The van der Waals surface area contributed by atoms with Crippen LogP contribution in [-0.2, 0) is 11.2 Å². The number of anilines is 2. The average Bonchev–Trinajstić information content (AvgIpc) is 2.96. The van der Waals surface area contributed by atoms with E-state index in [2.05, 4.69) is 18.3 Å². The van der Waals surface area contributed by atoms with Crippen LogP contribution in [-0.4, -0.2) is 18.6 Å². The van der Waals surface area contributed by atoms with E-state index in [0.717, 1.165) is 17.9 Å². The van der Waals surface area contributed by atoms with Crippen LogP contribution in [0.25, 0.3) is 0 Å². The van der Waals surface area contributed by atoms with E-state index in [9.17, 15) is 10.1 Å². The van der Waals surface area contributed by atoms with Gasteiger partial charge in [0.05, 0.1) is 6.61 Å². The largest absolute Gasteiger partial charge is 0.494 e. The van der Waals surface area contributed by atoms with E-state index in [0.29, 0.717) is 12.3 Å². The molecule has 0 bridgehead atoms. The Morgan fingerprint density at radius 2 is 2.04 bits per heavy atom. The highest BCUT2D eigenvalue weighted by Crippen LogP contribution is 2.32. The van der Waals surface area contributed by atoms with E-state index < -0.39 is 5.91 Å².